The van der Waals surface area contributed by atoms with Crippen molar-refractivity contribution < 1.29 is 14.3 Å². The van der Waals surface area contributed by atoms with Gasteiger partial charge in [-0.05, 0) is 55.5 Å². The first kappa shape index (κ1) is 23.5. The van der Waals surface area contributed by atoms with Crippen molar-refractivity contribution in [3.8, 4) is 5.75 Å². The summed E-state index contributed by atoms with van der Waals surface area (Å²) >= 11 is 3.32. The Balaban J connectivity index is 1.27. The van der Waals surface area contributed by atoms with Gasteiger partial charge < -0.3 is 15.4 Å². The Morgan fingerprint density at radius 1 is 1.06 bits per heavy atom. The van der Waals surface area contributed by atoms with Crippen molar-refractivity contribution in [2.24, 2.45) is 0 Å². The summed E-state index contributed by atoms with van der Waals surface area (Å²) in [6.45, 7) is 2.01. The Bertz CT molecular complexity index is 1270. The van der Waals surface area contributed by atoms with Gasteiger partial charge in [0.05, 0.1) is 29.7 Å². The number of amides is 2. The summed E-state index contributed by atoms with van der Waals surface area (Å²) < 4.78 is 6.57. The van der Waals surface area contributed by atoms with E-state index in [1.165, 1.54) is 10.9 Å². The molecule has 8 nitrogen and oxygen atoms in total. The highest BCUT2D eigenvalue weighted by molar-refractivity contribution is 7.98. The molecule has 2 heterocycles. The number of nitrogens with zero attached hydrogens (tertiary/aromatic N) is 3. The van der Waals surface area contributed by atoms with E-state index in [1.54, 1.807) is 72.8 Å². The Hall–Kier alpha value is -3.63. The van der Waals surface area contributed by atoms with Gasteiger partial charge in [-0.15, -0.1) is 23.1 Å². The van der Waals surface area contributed by atoms with Crippen molar-refractivity contribution in [1.82, 2.24) is 14.8 Å². The predicted octanol–water partition coefficient (Wildman–Crippen LogP) is 4.84. The number of methoxy groups -OCH3 is 1. The summed E-state index contributed by atoms with van der Waals surface area (Å²) in [5, 5.41) is 12.9. The molecule has 0 aliphatic heterocycles. The van der Waals surface area contributed by atoms with Gasteiger partial charge in [-0.25, -0.2) is 4.98 Å². The number of anilines is 2. The number of nitrogens with one attached hydrogen (secondary N) is 2. The molecular weight excluding hydrogens is 470 g/mol. The molecule has 0 saturated heterocycles. The Kier molecular flexibility index (Phi) is 7.61. The lowest BCUT2D eigenvalue weighted by molar-refractivity contribution is -0.116. The van der Waals surface area contributed by atoms with Crippen LogP contribution in [0, 0.1) is 6.92 Å². The van der Waals surface area contributed by atoms with Crippen molar-refractivity contribution in [2.45, 2.75) is 24.1 Å². The van der Waals surface area contributed by atoms with E-state index in [0.29, 0.717) is 22.7 Å². The van der Waals surface area contributed by atoms with Gasteiger partial charge in [0.1, 0.15) is 12.3 Å². The van der Waals surface area contributed by atoms with Crippen molar-refractivity contribution in [1.29, 1.82) is 0 Å². The van der Waals surface area contributed by atoms with Crippen LogP contribution in [-0.4, -0.2) is 33.7 Å². The van der Waals surface area contributed by atoms with Crippen LogP contribution in [0.2, 0.25) is 0 Å². The van der Waals surface area contributed by atoms with Crippen LogP contribution in [0.4, 0.5) is 11.4 Å². The van der Waals surface area contributed by atoms with Crippen LogP contribution >= 0.6 is 23.1 Å². The van der Waals surface area contributed by atoms with E-state index in [1.807, 2.05) is 19.1 Å². The molecule has 4 rings (SSSR count). The predicted molar refractivity (Wildman–Crippen MR) is 135 cm³/mol. The Labute approximate surface area is 205 Å². The molecule has 0 fully saturated rings. The zero-order valence-corrected chi connectivity index (χ0v) is 20.3. The average molecular weight is 494 g/mol. The number of hydrogen-bond donors (Lipinski definition) is 2. The smallest absolute Gasteiger partial charge is 0.255 e. The molecule has 0 radical (unpaired) electrons. The summed E-state index contributed by atoms with van der Waals surface area (Å²) in [5.41, 5.74) is 2.78. The van der Waals surface area contributed by atoms with Crippen LogP contribution in [0.25, 0.3) is 0 Å². The highest BCUT2D eigenvalue weighted by atomic mass is 32.2. The van der Waals surface area contributed by atoms with Gasteiger partial charge in [0, 0.05) is 33.5 Å². The Morgan fingerprint density at radius 2 is 1.82 bits per heavy atom. The summed E-state index contributed by atoms with van der Waals surface area (Å²) in [5.74, 6) is 1.03. The first-order valence-corrected chi connectivity index (χ1v) is 12.3. The van der Waals surface area contributed by atoms with Crippen LogP contribution in [0.1, 0.15) is 21.1 Å². The van der Waals surface area contributed by atoms with E-state index in [2.05, 4.69) is 26.1 Å². The molecule has 0 aliphatic carbocycles. The third-order valence-electron chi connectivity index (χ3n) is 4.74. The summed E-state index contributed by atoms with van der Waals surface area (Å²) in [6.07, 6.45) is 3.13. The molecule has 2 aromatic carbocycles. The van der Waals surface area contributed by atoms with Gasteiger partial charge in [-0.2, -0.15) is 5.10 Å². The molecule has 2 aromatic heterocycles. The van der Waals surface area contributed by atoms with Gasteiger partial charge in [-0.3, -0.25) is 14.3 Å². The van der Waals surface area contributed by atoms with E-state index < -0.39 is 0 Å². The van der Waals surface area contributed by atoms with Crippen molar-refractivity contribution >= 4 is 46.3 Å². The van der Waals surface area contributed by atoms with Gasteiger partial charge >= 0.3 is 0 Å². The number of benzene rings is 2. The summed E-state index contributed by atoms with van der Waals surface area (Å²) in [7, 11) is 1.59. The number of hydrogen-bond acceptors (Lipinski definition) is 7. The number of carbonyl (C=O) groups excluding carboxylic acids is 2. The first-order chi connectivity index (χ1) is 16.5. The molecule has 4 aromatic rings. The summed E-state index contributed by atoms with van der Waals surface area (Å²) in [6, 6.07) is 14.5. The maximum atomic E-state index is 12.6. The maximum absolute atomic E-state index is 12.6. The second-order valence-corrected chi connectivity index (χ2v) is 9.44. The highest BCUT2D eigenvalue weighted by Crippen LogP contribution is 2.24. The Morgan fingerprint density at radius 3 is 2.50 bits per heavy atom. The van der Waals surface area contributed by atoms with E-state index >= 15 is 0 Å². The van der Waals surface area contributed by atoms with Gasteiger partial charge in [0.2, 0.25) is 5.91 Å². The van der Waals surface area contributed by atoms with Crippen molar-refractivity contribution in [3.63, 3.8) is 0 Å². The molecule has 34 heavy (non-hydrogen) atoms. The standard InChI is InChI=1S/C24H23N5O3S2/c1-16-26-20(14-33-16)15-34-22-9-3-17(4-10-22)24(31)28-19-11-25-29(12-19)13-23(30)27-18-5-7-21(32-2)8-6-18/h3-12,14H,13,15H2,1-2H3,(H,27,30)(H,28,31). The number of carbonyl (C=O) groups is 2. The normalized spacial score (nSPS) is 10.6. The maximum Gasteiger partial charge on any atom is 0.255 e. The second-order valence-electron chi connectivity index (χ2n) is 7.33. The fourth-order valence-electron chi connectivity index (χ4n) is 3.07. The lowest BCUT2D eigenvalue weighted by Crippen LogP contribution is -2.19. The van der Waals surface area contributed by atoms with Gasteiger partial charge in [-0.1, -0.05) is 0 Å². The highest BCUT2D eigenvalue weighted by Gasteiger charge is 2.10. The largest absolute Gasteiger partial charge is 0.497 e. The summed E-state index contributed by atoms with van der Waals surface area (Å²) in [4.78, 5) is 30.4. The van der Waals surface area contributed by atoms with Gasteiger partial charge in [0.15, 0.2) is 0 Å². The van der Waals surface area contributed by atoms with E-state index in [-0.39, 0.29) is 18.4 Å². The number of thiazole rings is 1. The number of aryl methyl sites for hydroxylation is 1. The second kappa shape index (κ2) is 11.0. The molecule has 2 N–H and O–H groups in total. The van der Waals surface area contributed by atoms with Crippen LogP contribution < -0.4 is 15.4 Å². The van der Waals surface area contributed by atoms with E-state index in [4.69, 9.17) is 4.74 Å². The average Bonchev–Trinajstić information content (AvgIpc) is 3.46. The molecule has 2 amide bonds. The molecule has 0 bridgehead atoms. The lowest BCUT2D eigenvalue weighted by atomic mass is 10.2. The van der Waals surface area contributed by atoms with Crippen molar-refractivity contribution in [2.75, 3.05) is 17.7 Å². The third-order valence-corrected chi connectivity index (χ3v) is 6.61. The van der Waals surface area contributed by atoms with Crippen LogP contribution in [-0.2, 0) is 17.1 Å². The molecular formula is C24H23N5O3S2. The van der Waals surface area contributed by atoms with Gasteiger partial charge in [0.25, 0.3) is 5.91 Å². The minimum Gasteiger partial charge on any atom is -0.497 e. The fourth-order valence-corrected chi connectivity index (χ4v) is 4.58. The van der Waals surface area contributed by atoms with Crippen molar-refractivity contribution in [3.05, 3.63) is 82.6 Å². The zero-order valence-electron chi connectivity index (χ0n) is 18.6. The molecule has 10 heteroatoms. The monoisotopic (exact) mass is 493 g/mol. The topological polar surface area (TPSA) is 98.1 Å². The molecule has 174 valence electrons. The molecule has 0 spiro atoms. The molecule has 0 atom stereocenters. The quantitative estimate of drug-likeness (QED) is 0.324. The van der Waals surface area contributed by atoms with Crippen LogP contribution in [0.5, 0.6) is 5.75 Å². The zero-order chi connectivity index (χ0) is 23.9. The number of rotatable bonds is 9. The minimum atomic E-state index is -0.242. The molecule has 0 unspecified atom stereocenters. The van der Waals surface area contributed by atoms with Crippen LogP contribution in [0.15, 0.2) is 71.2 Å². The van der Waals surface area contributed by atoms with Crippen LogP contribution in [0.3, 0.4) is 0 Å². The van der Waals surface area contributed by atoms with E-state index in [9.17, 15) is 9.59 Å². The number of aromatic nitrogens is 3. The van der Waals surface area contributed by atoms with E-state index in [0.717, 1.165) is 21.3 Å². The first-order valence-electron chi connectivity index (χ1n) is 10.4. The fraction of sp³-hybridized carbons (Fsp3) is 0.167. The lowest BCUT2D eigenvalue weighted by Gasteiger charge is -2.06. The number of ether oxygens (including phenoxy) is 1. The third kappa shape index (κ3) is 6.46. The SMILES string of the molecule is COc1ccc(NC(=O)Cn2cc(NC(=O)c3ccc(SCc4csc(C)n4)cc3)cn2)cc1. The molecule has 0 aliphatic rings. The number of thioether (sulfide) groups is 1. The molecule has 0 saturated carbocycles. The minimum absolute atomic E-state index is 0.0202.